The first-order valence-corrected chi connectivity index (χ1v) is 9.83. The summed E-state index contributed by atoms with van der Waals surface area (Å²) in [5, 5.41) is 0.508. The van der Waals surface area contributed by atoms with Crippen molar-refractivity contribution in [1.29, 1.82) is 0 Å². The first-order chi connectivity index (χ1) is 11.6. The Morgan fingerprint density at radius 3 is 2.79 bits per heavy atom. The summed E-state index contributed by atoms with van der Waals surface area (Å²) >= 11 is 1.85. The molecule has 2 aliphatic heterocycles. The van der Waals surface area contributed by atoms with Gasteiger partial charge in [-0.2, -0.15) is 0 Å². The van der Waals surface area contributed by atoms with Gasteiger partial charge in [-0.1, -0.05) is 26.0 Å². The topological polar surface area (TPSA) is 40.6 Å². The maximum Gasteiger partial charge on any atom is 0.231 e. The quantitative estimate of drug-likeness (QED) is 0.822. The van der Waals surface area contributed by atoms with Crippen LogP contribution in [0.25, 0.3) is 0 Å². The third-order valence-corrected chi connectivity index (χ3v) is 6.17. The van der Waals surface area contributed by atoms with Crippen LogP contribution in [0.4, 0.5) is 5.69 Å². The fourth-order valence-corrected chi connectivity index (χ4v) is 4.68. The number of piperidine rings is 1. The lowest BCUT2D eigenvalue weighted by molar-refractivity contribution is -0.134. The van der Waals surface area contributed by atoms with Gasteiger partial charge < -0.3 is 9.80 Å². The molecule has 2 atom stereocenters. The molecule has 0 bridgehead atoms. The van der Waals surface area contributed by atoms with Crippen LogP contribution < -0.4 is 4.90 Å². The number of thioether (sulfide) groups is 1. The van der Waals surface area contributed by atoms with Crippen molar-refractivity contribution in [3.63, 3.8) is 0 Å². The van der Waals surface area contributed by atoms with Crippen LogP contribution in [0.5, 0.6) is 0 Å². The van der Waals surface area contributed by atoms with Gasteiger partial charge in [-0.3, -0.25) is 9.59 Å². The average molecular weight is 346 g/mol. The van der Waals surface area contributed by atoms with E-state index >= 15 is 0 Å². The Morgan fingerprint density at radius 1 is 1.21 bits per heavy atom. The highest BCUT2D eigenvalue weighted by molar-refractivity contribution is 8.00. The monoisotopic (exact) mass is 346 g/mol. The number of hydrogen-bond acceptors (Lipinski definition) is 3. The van der Waals surface area contributed by atoms with Gasteiger partial charge in [0.25, 0.3) is 0 Å². The minimum absolute atomic E-state index is 0.0688. The molecule has 0 spiro atoms. The minimum atomic E-state index is -0.0688. The highest BCUT2D eigenvalue weighted by Gasteiger charge is 2.33. The van der Waals surface area contributed by atoms with Crippen molar-refractivity contribution in [1.82, 2.24) is 4.90 Å². The second-order valence-corrected chi connectivity index (χ2v) is 8.19. The van der Waals surface area contributed by atoms with Crippen LogP contribution in [0.1, 0.15) is 39.5 Å². The first kappa shape index (κ1) is 17.3. The summed E-state index contributed by atoms with van der Waals surface area (Å²) in [6, 6.07) is 8.20. The molecule has 24 heavy (non-hydrogen) atoms. The lowest BCUT2D eigenvalue weighted by atomic mass is 9.95. The van der Waals surface area contributed by atoms with Gasteiger partial charge >= 0.3 is 0 Å². The standard InChI is InChI=1S/C19H26N2O2S/c1-3-18(22)20-11-6-7-15(13-20)19(23)21-12-10-14(2)24-17-9-5-4-8-16(17)21/h4-5,8-9,14-15H,3,6-7,10-13H2,1-2H3/t14-,15-/m0/s1. The summed E-state index contributed by atoms with van der Waals surface area (Å²) in [6.45, 7) is 6.24. The van der Waals surface area contributed by atoms with E-state index in [9.17, 15) is 9.59 Å². The van der Waals surface area contributed by atoms with Crippen LogP contribution >= 0.6 is 11.8 Å². The Labute approximate surface area is 148 Å². The van der Waals surface area contributed by atoms with Gasteiger partial charge in [0.2, 0.25) is 11.8 Å². The van der Waals surface area contributed by atoms with E-state index < -0.39 is 0 Å². The molecule has 0 saturated carbocycles. The molecule has 4 nitrogen and oxygen atoms in total. The Kier molecular flexibility index (Phi) is 5.49. The van der Waals surface area contributed by atoms with Crippen LogP contribution in [0.2, 0.25) is 0 Å². The van der Waals surface area contributed by atoms with Crippen molar-refractivity contribution in [3.05, 3.63) is 24.3 Å². The number of carbonyl (C=O) groups excluding carboxylic acids is 2. The molecule has 0 unspecified atom stereocenters. The van der Waals surface area contributed by atoms with E-state index in [1.54, 1.807) is 0 Å². The number of benzene rings is 1. The molecular weight excluding hydrogens is 320 g/mol. The molecule has 2 amide bonds. The summed E-state index contributed by atoms with van der Waals surface area (Å²) < 4.78 is 0. The fourth-order valence-electron chi connectivity index (χ4n) is 3.56. The molecule has 3 rings (SSSR count). The number of fused-ring (bicyclic) bond motifs is 1. The van der Waals surface area contributed by atoms with Crippen molar-refractivity contribution < 1.29 is 9.59 Å². The van der Waals surface area contributed by atoms with E-state index in [0.717, 1.165) is 38.0 Å². The summed E-state index contributed by atoms with van der Waals surface area (Å²) in [7, 11) is 0. The fraction of sp³-hybridized carbons (Fsp3) is 0.579. The number of rotatable bonds is 2. The normalized spacial score (nSPS) is 24.2. The van der Waals surface area contributed by atoms with Gasteiger partial charge in [0.15, 0.2) is 0 Å². The molecule has 0 radical (unpaired) electrons. The number of amides is 2. The Hall–Kier alpha value is -1.49. The Bertz CT molecular complexity index is 619. The predicted octanol–water partition coefficient (Wildman–Crippen LogP) is 3.55. The van der Waals surface area contributed by atoms with Crippen molar-refractivity contribution in [2.75, 3.05) is 24.5 Å². The van der Waals surface area contributed by atoms with Gasteiger partial charge in [-0.15, -0.1) is 11.8 Å². The molecule has 130 valence electrons. The highest BCUT2D eigenvalue weighted by Crippen LogP contribution is 2.38. The molecule has 1 saturated heterocycles. The van der Waals surface area contributed by atoms with Crippen LogP contribution in [-0.4, -0.2) is 41.6 Å². The molecular formula is C19H26N2O2S. The summed E-state index contributed by atoms with van der Waals surface area (Å²) in [6.07, 6.45) is 3.31. The van der Waals surface area contributed by atoms with E-state index in [4.69, 9.17) is 0 Å². The zero-order valence-electron chi connectivity index (χ0n) is 14.5. The van der Waals surface area contributed by atoms with Crippen LogP contribution in [0.15, 0.2) is 29.2 Å². The number of para-hydroxylation sites is 1. The average Bonchev–Trinajstić information content (AvgIpc) is 2.78. The van der Waals surface area contributed by atoms with E-state index in [-0.39, 0.29) is 17.7 Å². The Balaban J connectivity index is 1.80. The third kappa shape index (κ3) is 3.61. The molecule has 0 aliphatic carbocycles. The van der Waals surface area contributed by atoms with E-state index in [0.29, 0.717) is 18.2 Å². The van der Waals surface area contributed by atoms with E-state index in [1.807, 2.05) is 40.6 Å². The number of likely N-dealkylation sites (tertiary alicyclic amines) is 1. The molecule has 0 N–H and O–H groups in total. The van der Waals surface area contributed by atoms with Gasteiger partial charge in [0.1, 0.15) is 0 Å². The number of anilines is 1. The van der Waals surface area contributed by atoms with Crippen molar-refractivity contribution in [2.45, 2.75) is 49.7 Å². The first-order valence-electron chi connectivity index (χ1n) is 8.95. The van der Waals surface area contributed by atoms with E-state index in [2.05, 4.69) is 19.1 Å². The molecule has 0 aromatic heterocycles. The second-order valence-electron chi connectivity index (χ2n) is 6.71. The van der Waals surface area contributed by atoms with Crippen LogP contribution in [-0.2, 0) is 9.59 Å². The molecule has 2 heterocycles. The highest BCUT2D eigenvalue weighted by atomic mass is 32.2. The lowest BCUT2D eigenvalue weighted by Gasteiger charge is -2.35. The molecule has 5 heteroatoms. The molecule has 1 aromatic carbocycles. The van der Waals surface area contributed by atoms with Gasteiger partial charge in [-0.25, -0.2) is 0 Å². The lowest BCUT2D eigenvalue weighted by Crippen LogP contribution is -2.47. The number of nitrogens with zero attached hydrogens (tertiary/aromatic N) is 2. The van der Waals surface area contributed by atoms with Crippen molar-refractivity contribution in [2.24, 2.45) is 5.92 Å². The second kappa shape index (κ2) is 7.60. The van der Waals surface area contributed by atoms with Gasteiger partial charge in [-0.05, 0) is 31.4 Å². The third-order valence-electron chi connectivity index (χ3n) is 4.94. The van der Waals surface area contributed by atoms with Gasteiger partial charge in [0.05, 0.1) is 11.6 Å². The number of hydrogen-bond donors (Lipinski definition) is 0. The van der Waals surface area contributed by atoms with Gasteiger partial charge in [0, 0.05) is 36.2 Å². The maximum absolute atomic E-state index is 13.2. The molecule has 1 aromatic rings. The smallest absolute Gasteiger partial charge is 0.231 e. The summed E-state index contributed by atoms with van der Waals surface area (Å²) in [4.78, 5) is 30.2. The van der Waals surface area contributed by atoms with Crippen LogP contribution in [0.3, 0.4) is 0 Å². The maximum atomic E-state index is 13.2. The SMILES string of the molecule is CCC(=O)N1CCC[C@H](C(=O)N2CC[C@H](C)Sc3ccccc32)C1. The largest absolute Gasteiger partial charge is 0.342 e. The zero-order valence-corrected chi connectivity index (χ0v) is 15.3. The summed E-state index contributed by atoms with van der Waals surface area (Å²) in [5.41, 5.74) is 1.04. The Morgan fingerprint density at radius 2 is 2.00 bits per heavy atom. The zero-order chi connectivity index (χ0) is 17.1. The van der Waals surface area contributed by atoms with E-state index in [1.165, 1.54) is 4.90 Å². The van der Waals surface area contributed by atoms with Crippen molar-refractivity contribution in [3.8, 4) is 0 Å². The number of carbonyl (C=O) groups is 2. The van der Waals surface area contributed by atoms with Crippen molar-refractivity contribution >= 4 is 29.3 Å². The predicted molar refractivity (Wildman–Crippen MR) is 98.3 cm³/mol. The summed E-state index contributed by atoms with van der Waals surface area (Å²) in [5.74, 6) is 0.277. The van der Waals surface area contributed by atoms with Crippen LogP contribution in [0, 0.1) is 5.92 Å². The molecule has 2 aliphatic rings. The minimum Gasteiger partial charge on any atom is -0.342 e. The molecule has 1 fully saturated rings.